The summed E-state index contributed by atoms with van der Waals surface area (Å²) in [5, 5.41) is 0. The van der Waals surface area contributed by atoms with Crippen LogP contribution in [0.2, 0.25) is 0 Å². The fraction of sp³-hybridized carbons (Fsp3) is 0.190. The smallest absolute Gasteiger partial charge is 0.174 e. The summed E-state index contributed by atoms with van der Waals surface area (Å²) in [5.74, 6) is 1.42. The summed E-state index contributed by atoms with van der Waals surface area (Å²) >= 11 is 1.57. The van der Waals surface area contributed by atoms with Crippen molar-refractivity contribution in [1.82, 2.24) is 4.57 Å². The molecule has 0 unspecified atom stereocenters. The van der Waals surface area contributed by atoms with Crippen LogP contribution in [0.15, 0.2) is 65.6 Å². The van der Waals surface area contributed by atoms with Crippen LogP contribution < -0.4 is 4.74 Å². The van der Waals surface area contributed by atoms with Gasteiger partial charge in [0.2, 0.25) is 0 Å². The highest BCUT2D eigenvalue weighted by Crippen LogP contribution is 2.25. The number of nitrogens with zero attached hydrogens (tertiary/aromatic N) is 1. The van der Waals surface area contributed by atoms with Crippen molar-refractivity contribution in [2.75, 3.05) is 12.9 Å². The number of hydrogen-bond acceptors (Lipinski definition) is 3. The average molecular weight is 351 g/mol. The van der Waals surface area contributed by atoms with Crippen LogP contribution >= 0.6 is 11.8 Å². The number of aryl methyl sites for hydroxylation is 1. The standard InChI is InChI=1S/C21H21NO2S/c1-15-13-20(21(23)14-25-19-7-5-4-6-8-19)16(2)22(15)17-9-11-18(24-3)12-10-17/h4-13H,14H2,1-3H3. The maximum Gasteiger partial charge on any atom is 0.174 e. The minimum atomic E-state index is 0.154. The van der Waals surface area contributed by atoms with Gasteiger partial charge in [0, 0.05) is 27.5 Å². The van der Waals surface area contributed by atoms with Crippen LogP contribution in [0.5, 0.6) is 5.75 Å². The van der Waals surface area contributed by atoms with E-state index in [9.17, 15) is 4.79 Å². The monoisotopic (exact) mass is 351 g/mol. The van der Waals surface area contributed by atoms with E-state index in [0.717, 1.165) is 33.3 Å². The molecule has 3 aromatic rings. The molecule has 3 nitrogen and oxygen atoms in total. The number of carbonyl (C=O) groups excluding carboxylic acids is 1. The SMILES string of the molecule is COc1ccc(-n2c(C)cc(C(=O)CSc3ccccc3)c2C)cc1. The van der Waals surface area contributed by atoms with Crippen molar-refractivity contribution >= 4 is 17.5 Å². The summed E-state index contributed by atoms with van der Waals surface area (Å²) < 4.78 is 7.33. The van der Waals surface area contributed by atoms with Crippen molar-refractivity contribution in [3.8, 4) is 11.4 Å². The fourth-order valence-corrected chi connectivity index (χ4v) is 3.72. The Hall–Kier alpha value is -2.46. The average Bonchev–Trinajstić information content (AvgIpc) is 2.95. The molecule has 4 heteroatoms. The molecular weight excluding hydrogens is 330 g/mol. The van der Waals surface area contributed by atoms with E-state index in [2.05, 4.69) is 4.57 Å². The molecular formula is C21H21NO2S. The highest BCUT2D eigenvalue weighted by Gasteiger charge is 2.16. The summed E-state index contributed by atoms with van der Waals surface area (Å²) in [6.45, 7) is 4.02. The van der Waals surface area contributed by atoms with Gasteiger partial charge in [0.25, 0.3) is 0 Å². The minimum Gasteiger partial charge on any atom is -0.497 e. The molecule has 128 valence electrons. The number of aromatic nitrogens is 1. The van der Waals surface area contributed by atoms with Crippen molar-refractivity contribution in [2.45, 2.75) is 18.7 Å². The number of Topliss-reactive ketones (excluding diaryl/α,β-unsaturated/α-hetero) is 1. The molecule has 3 rings (SSSR count). The zero-order valence-corrected chi connectivity index (χ0v) is 15.5. The zero-order chi connectivity index (χ0) is 17.8. The molecule has 0 fully saturated rings. The van der Waals surface area contributed by atoms with Crippen LogP contribution in [-0.4, -0.2) is 23.2 Å². The van der Waals surface area contributed by atoms with E-state index in [1.807, 2.05) is 74.5 Å². The number of carbonyl (C=O) groups is 1. The molecule has 1 aromatic heterocycles. The Kier molecular flexibility index (Phi) is 5.29. The summed E-state index contributed by atoms with van der Waals surface area (Å²) in [4.78, 5) is 13.8. The Morgan fingerprint density at radius 3 is 2.36 bits per heavy atom. The molecule has 0 aliphatic carbocycles. The summed E-state index contributed by atoms with van der Waals surface area (Å²) in [6.07, 6.45) is 0. The topological polar surface area (TPSA) is 31.2 Å². The van der Waals surface area contributed by atoms with Gasteiger partial charge in [-0.2, -0.15) is 0 Å². The van der Waals surface area contributed by atoms with E-state index in [-0.39, 0.29) is 5.78 Å². The number of thioether (sulfide) groups is 1. The Bertz CT molecular complexity index is 867. The first kappa shape index (κ1) is 17.4. The van der Waals surface area contributed by atoms with Gasteiger partial charge in [0.15, 0.2) is 5.78 Å². The lowest BCUT2D eigenvalue weighted by atomic mass is 10.2. The molecule has 25 heavy (non-hydrogen) atoms. The molecule has 0 radical (unpaired) electrons. The number of methoxy groups -OCH3 is 1. The number of ketones is 1. The van der Waals surface area contributed by atoms with Gasteiger partial charge in [-0.15, -0.1) is 11.8 Å². The predicted octanol–water partition coefficient (Wildman–Crippen LogP) is 5.08. The van der Waals surface area contributed by atoms with Gasteiger partial charge in [-0.25, -0.2) is 0 Å². The van der Waals surface area contributed by atoms with E-state index in [1.54, 1.807) is 18.9 Å². The molecule has 0 aliphatic heterocycles. The largest absolute Gasteiger partial charge is 0.497 e. The van der Waals surface area contributed by atoms with E-state index in [0.29, 0.717) is 5.75 Å². The maximum absolute atomic E-state index is 12.7. The Morgan fingerprint density at radius 1 is 1.04 bits per heavy atom. The van der Waals surface area contributed by atoms with Crippen molar-refractivity contribution in [3.63, 3.8) is 0 Å². The third kappa shape index (κ3) is 3.80. The second kappa shape index (κ2) is 7.62. The van der Waals surface area contributed by atoms with Gasteiger partial charge in [-0.3, -0.25) is 4.79 Å². The van der Waals surface area contributed by atoms with Crippen LogP contribution in [0.1, 0.15) is 21.7 Å². The number of ether oxygens (including phenoxy) is 1. The van der Waals surface area contributed by atoms with Crippen molar-refractivity contribution in [1.29, 1.82) is 0 Å². The number of benzene rings is 2. The Labute approximate surface area is 152 Å². The molecule has 2 aromatic carbocycles. The van der Waals surface area contributed by atoms with Crippen LogP contribution in [0.4, 0.5) is 0 Å². The quantitative estimate of drug-likeness (QED) is 0.458. The lowest BCUT2D eigenvalue weighted by Gasteiger charge is -2.10. The molecule has 0 bridgehead atoms. The van der Waals surface area contributed by atoms with Gasteiger partial charge in [-0.1, -0.05) is 18.2 Å². The van der Waals surface area contributed by atoms with Crippen LogP contribution in [0.25, 0.3) is 5.69 Å². The molecule has 1 heterocycles. The lowest BCUT2D eigenvalue weighted by Crippen LogP contribution is -2.05. The third-order valence-corrected chi connectivity index (χ3v) is 5.19. The summed E-state index contributed by atoms with van der Waals surface area (Å²) in [7, 11) is 1.66. The third-order valence-electron chi connectivity index (χ3n) is 4.18. The predicted molar refractivity (Wildman–Crippen MR) is 103 cm³/mol. The lowest BCUT2D eigenvalue weighted by molar-refractivity contribution is 0.102. The second-order valence-electron chi connectivity index (χ2n) is 5.84. The van der Waals surface area contributed by atoms with Crippen molar-refractivity contribution in [3.05, 3.63) is 77.6 Å². The normalized spacial score (nSPS) is 10.7. The zero-order valence-electron chi connectivity index (χ0n) is 14.7. The van der Waals surface area contributed by atoms with E-state index in [1.165, 1.54) is 0 Å². The number of rotatable bonds is 6. The number of hydrogen-bond donors (Lipinski definition) is 0. The van der Waals surface area contributed by atoms with Crippen LogP contribution in [-0.2, 0) is 0 Å². The van der Waals surface area contributed by atoms with Crippen molar-refractivity contribution < 1.29 is 9.53 Å². The molecule has 0 atom stereocenters. The van der Waals surface area contributed by atoms with Gasteiger partial charge in [0.1, 0.15) is 5.75 Å². The van der Waals surface area contributed by atoms with Crippen LogP contribution in [0, 0.1) is 13.8 Å². The van der Waals surface area contributed by atoms with Gasteiger partial charge in [0.05, 0.1) is 12.9 Å². The highest BCUT2D eigenvalue weighted by atomic mass is 32.2. The first-order valence-electron chi connectivity index (χ1n) is 8.14. The highest BCUT2D eigenvalue weighted by molar-refractivity contribution is 8.00. The second-order valence-corrected chi connectivity index (χ2v) is 6.89. The minimum absolute atomic E-state index is 0.154. The fourth-order valence-electron chi connectivity index (χ4n) is 2.92. The van der Waals surface area contributed by atoms with E-state index >= 15 is 0 Å². The van der Waals surface area contributed by atoms with E-state index < -0.39 is 0 Å². The Balaban J connectivity index is 1.82. The maximum atomic E-state index is 12.7. The molecule has 0 aliphatic rings. The summed E-state index contributed by atoms with van der Waals surface area (Å²) in [6, 6.07) is 19.9. The summed E-state index contributed by atoms with van der Waals surface area (Å²) in [5.41, 5.74) is 3.85. The van der Waals surface area contributed by atoms with Crippen LogP contribution in [0.3, 0.4) is 0 Å². The van der Waals surface area contributed by atoms with Crippen molar-refractivity contribution in [2.24, 2.45) is 0 Å². The molecule has 0 saturated carbocycles. The first-order valence-corrected chi connectivity index (χ1v) is 9.13. The molecule has 0 N–H and O–H groups in total. The van der Waals surface area contributed by atoms with Gasteiger partial charge >= 0.3 is 0 Å². The molecule has 0 saturated heterocycles. The first-order chi connectivity index (χ1) is 12.1. The van der Waals surface area contributed by atoms with Gasteiger partial charge < -0.3 is 9.30 Å². The Morgan fingerprint density at radius 2 is 1.72 bits per heavy atom. The molecule has 0 spiro atoms. The van der Waals surface area contributed by atoms with E-state index in [4.69, 9.17) is 4.74 Å². The van der Waals surface area contributed by atoms with Gasteiger partial charge in [-0.05, 0) is 56.3 Å². The molecule has 0 amide bonds.